The second kappa shape index (κ2) is 8.30. The number of carbonyl (C=O) groups is 1. The van der Waals surface area contributed by atoms with Crippen molar-refractivity contribution < 1.29 is 13.6 Å². The number of benzene rings is 2. The number of amides is 1. The first-order valence-corrected chi connectivity index (χ1v) is 8.42. The molecule has 132 valence electrons. The van der Waals surface area contributed by atoms with Gasteiger partial charge in [0.25, 0.3) is 0 Å². The van der Waals surface area contributed by atoms with Crippen molar-refractivity contribution in [2.24, 2.45) is 0 Å². The summed E-state index contributed by atoms with van der Waals surface area (Å²) in [6.45, 7) is 2.59. The van der Waals surface area contributed by atoms with Crippen LogP contribution >= 0.6 is 0 Å². The second-order valence-corrected chi connectivity index (χ2v) is 6.08. The molecule has 1 aromatic heterocycles. The molecule has 2 aromatic carbocycles. The van der Waals surface area contributed by atoms with Gasteiger partial charge in [0, 0.05) is 12.6 Å². The fourth-order valence-electron chi connectivity index (χ4n) is 2.62. The van der Waals surface area contributed by atoms with Crippen LogP contribution in [0.1, 0.15) is 22.6 Å². The first-order chi connectivity index (χ1) is 12.6. The van der Waals surface area contributed by atoms with E-state index in [-0.39, 0.29) is 11.7 Å². The maximum atomic E-state index is 13.1. The zero-order valence-corrected chi connectivity index (χ0v) is 14.6. The topological polar surface area (TPSA) is 33.5 Å². The first-order valence-electron chi connectivity index (χ1n) is 8.42. The third-order valence-electron chi connectivity index (χ3n) is 3.96. The van der Waals surface area contributed by atoms with E-state index in [9.17, 15) is 9.18 Å². The van der Waals surface area contributed by atoms with Crippen LogP contribution in [0.4, 0.5) is 4.39 Å². The first kappa shape index (κ1) is 17.7. The number of hydrogen-bond donors (Lipinski definition) is 0. The lowest BCUT2D eigenvalue weighted by atomic mass is 10.2. The molecule has 0 bridgehead atoms. The van der Waals surface area contributed by atoms with Crippen molar-refractivity contribution >= 4 is 12.0 Å². The molecule has 0 saturated heterocycles. The molecule has 1 heterocycles. The summed E-state index contributed by atoms with van der Waals surface area (Å²) in [6, 6.07) is 19.5. The highest BCUT2D eigenvalue weighted by Crippen LogP contribution is 2.14. The summed E-state index contributed by atoms with van der Waals surface area (Å²) in [6.07, 6.45) is 3.34. The third-order valence-corrected chi connectivity index (χ3v) is 3.96. The largest absolute Gasteiger partial charge is 0.464 e. The van der Waals surface area contributed by atoms with Crippen molar-refractivity contribution in [3.63, 3.8) is 0 Å². The molecule has 0 unspecified atom stereocenters. The van der Waals surface area contributed by atoms with E-state index < -0.39 is 0 Å². The summed E-state index contributed by atoms with van der Waals surface area (Å²) >= 11 is 0. The Bertz CT molecular complexity index is 882. The van der Waals surface area contributed by atoms with Crippen LogP contribution < -0.4 is 0 Å². The highest BCUT2D eigenvalue weighted by atomic mass is 19.1. The molecular formula is C22H20FNO2. The van der Waals surface area contributed by atoms with E-state index in [1.165, 1.54) is 12.1 Å². The van der Waals surface area contributed by atoms with E-state index in [1.807, 2.05) is 49.4 Å². The molecule has 4 heteroatoms. The molecule has 0 radical (unpaired) electrons. The van der Waals surface area contributed by atoms with Crippen LogP contribution in [0, 0.1) is 12.7 Å². The fourth-order valence-corrected chi connectivity index (χ4v) is 2.62. The maximum Gasteiger partial charge on any atom is 0.247 e. The van der Waals surface area contributed by atoms with Gasteiger partial charge in [-0.3, -0.25) is 4.79 Å². The highest BCUT2D eigenvalue weighted by molar-refractivity contribution is 5.91. The number of rotatable bonds is 6. The zero-order chi connectivity index (χ0) is 18.4. The molecule has 0 atom stereocenters. The molecular weight excluding hydrogens is 329 g/mol. The molecule has 3 aromatic rings. The van der Waals surface area contributed by atoms with Crippen molar-refractivity contribution in [1.82, 2.24) is 4.90 Å². The van der Waals surface area contributed by atoms with E-state index in [4.69, 9.17) is 4.42 Å². The monoisotopic (exact) mass is 349 g/mol. The lowest BCUT2D eigenvalue weighted by Crippen LogP contribution is -2.28. The minimum atomic E-state index is -0.294. The van der Waals surface area contributed by atoms with Gasteiger partial charge in [0.1, 0.15) is 17.3 Å². The Kier molecular flexibility index (Phi) is 5.64. The molecule has 0 aliphatic rings. The summed E-state index contributed by atoms with van der Waals surface area (Å²) in [5, 5.41) is 0. The Morgan fingerprint density at radius 3 is 2.38 bits per heavy atom. The van der Waals surface area contributed by atoms with E-state index in [0.717, 1.165) is 16.9 Å². The van der Waals surface area contributed by atoms with Crippen molar-refractivity contribution in [2.45, 2.75) is 20.0 Å². The van der Waals surface area contributed by atoms with Crippen LogP contribution in [0.3, 0.4) is 0 Å². The van der Waals surface area contributed by atoms with Gasteiger partial charge in [-0.15, -0.1) is 0 Å². The minimum absolute atomic E-state index is 0.132. The normalized spacial score (nSPS) is 11.0. The van der Waals surface area contributed by atoms with Crippen LogP contribution in [0.15, 0.2) is 77.2 Å². The molecule has 0 aliphatic heterocycles. The summed E-state index contributed by atoms with van der Waals surface area (Å²) in [4.78, 5) is 14.4. The standard InChI is InChI=1S/C22H20FNO2/c1-17-7-13-21(26-17)16-24(15-19-8-11-20(23)12-9-19)22(25)14-10-18-5-3-2-4-6-18/h2-14H,15-16H2,1H3/b14-10+. The van der Waals surface area contributed by atoms with Gasteiger partial charge in [0.05, 0.1) is 6.54 Å². The van der Waals surface area contributed by atoms with Crippen LogP contribution in [0.25, 0.3) is 6.08 Å². The van der Waals surface area contributed by atoms with Crippen LogP contribution in [-0.4, -0.2) is 10.8 Å². The summed E-state index contributed by atoms with van der Waals surface area (Å²) in [5.41, 5.74) is 1.81. The van der Waals surface area contributed by atoms with Crippen LogP contribution in [0.2, 0.25) is 0 Å². The summed E-state index contributed by atoms with van der Waals surface area (Å²) in [7, 11) is 0. The quantitative estimate of drug-likeness (QED) is 0.589. The molecule has 0 aliphatic carbocycles. The van der Waals surface area contributed by atoms with Crippen LogP contribution in [0.5, 0.6) is 0 Å². The lowest BCUT2D eigenvalue weighted by Gasteiger charge is -2.20. The highest BCUT2D eigenvalue weighted by Gasteiger charge is 2.14. The maximum absolute atomic E-state index is 13.1. The summed E-state index contributed by atoms with van der Waals surface area (Å²) < 4.78 is 18.7. The van der Waals surface area contributed by atoms with Gasteiger partial charge in [-0.05, 0) is 48.4 Å². The Morgan fingerprint density at radius 1 is 1.00 bits per heavy atom. The number of aryl methyl sites for hydroxylation is 1. The van der Waals surface area contributed by atoms with Gasteiger partial charge in [0.15, 0.2) is 0 Å². The van der Waals surface area contributed by atoms with Gasteiger partial charge in [-0.1, -0.05) is 42.5 Å². The molecule has 0 spiro atoms. The van der Waals surface area contributed by atoms with E-state index in [1.54, 1.807) is 29.2 Å². The lowest BCUT2D eigenvalue weighted by molar-refractivity contribution is -0.127. The Balaban J connectivity index is 1.77. The molecule has 0 fully saturated rings. The molecule has 26 heavy (non-hydrogen) atoms. The number of carbonyl (C=O) groups excluding carboxylic acids is 1. The van der Waals surface area contributed by atoms with Crippen LogP contribution in [-0.2, 0) is 17.9 Å². The van der Waals surface area contributed by atoms with Gasteiger partial charge in [-0.25, -0.2) is 4.39 Å². The predicted molar refractivity (Wildman–Crippen MR) is 99.6 cm³/mol. The smallest absolute Gasteiger partial charge is 0.247 e. The Labute approximate surface area is 152 Å². The molecule has 1 amide bonds. The number of nitrogens with zero attached hydrogens (tertiary/aromatic N) is 1. The predicted octanol–water partition coefficient (Wildman–Crippen LogP) is 4.97. The summed E-state index contributed by atoms with van der Waals surface area (Å²) in [5.74, 6) is 1.09. The minimum Gasteiger partial charge on any atom is -0.464 e. The number of halogens is 1. The van der Waals surface area contributed by atoms with E-state index in [2.05, 4.69) is 0 Å². The average molecular weight is 349 g/mol. The Hall–Kier alpha value is -3.14. The van der Waals surface area contributed by atoms with E-state index >= 15 is 0 Å². The van der Waals surface area contributed by atoms with Crippen molar-refractivity contribution in [1.29, 1.82) is 0 Å². The number of furan rings is 1. The van der Waals surface area contributed by atoms with E-state index in [0.29, 0.717) is 18.8 Å². The Morgan fingerprint density at radius 2 is 1.73 bits per heavy atom. The molecule has 0 saturated carbocycles. The SMILES string of the molecule is Cc1ccc(CN(Cc2ccc(F)cc2)C(=O)/C=C/c2ccccc2)o1. The van der Waals surface area contributed by atoms with Gasteiger partial charge in [-0.2, -0.15) is 0 Å². The molecule has 3 nitrogen and oxygen atoms in total. The van der Waals surface area contributed by atoms with Crippen molar-refractivity contribution in [2.75, 3.05) is 0 Å². The molecule has 0 N–H and O–H groups in total. The number of hydrogen-bond acceptors (Lipinski definition) is 2. The van der Waals surface area contributed by atoms with Gasteiger partial charge < -0.3 is 9.32 Å². The zero-order valence-electron chi connectivity index (χ0n) is 14.6. The van der Waals surface area contributed by atoms with Gasteiger partial charge in [0.2, 0.25) is 5.91 Å². The third kappa shape index (κ3) is 4.93. The van der Waals surface area contributed by atoms with Gasteiger partial charge >= 0.3 is 0 Å². The molecule has 3 rings (SSSR count). The average Bonchev–Trinajstić information content (AvgIpc) is 3.06. The van der Waals surface area contributed by atoms with Crippen molar-refractivity contribution in [3.8, 4) is 0 Å². The second-order valence-electron chi connectivity index (χ2n) is 6.08. The van der Waals surface area contributed by atoms with Crippen molar-refractivity contribution in [3.05, 3.63) is 101 Å². The fraction of sp³-hybridized carbons (Fsp3) is 0.136.